The molecule has 1 aromatic carbocycles. The predicted molar refractivity (Wildman–Crippen MR) is 99.6 cm³/mol. The highest BCUT2D eigenvalue weighted by Crippen LogP contribution is 2.18. The molecule has 0 aromatic heterocycles. The largest absolute Gasteiger partial charge is 0.493 e. The average Bonchev–Trinajstić information content (AvgIpc) is 2.66. The van der Waals surface area contributed by atoms with Crippen LogP contribution in [0.2, 0.25) is 0 Å². The fourth-order valence-electron chi connectivity index (χ4n) is 3.01. The summed E-state index contributed by atoms with van der Waals surface area (Å²) in [5, 5.41) is 2.90. The van der Waals surface area contributed by atoms with Crippen molar-refractivity contribution in [1.29, 1.82) is 0 Å². The summed E-state index contributed by atoms with van der Waals surface area (Å²) in [7, 11) is 3.48. The monoisotopic (exact) mass is 363 g/mol. The maximum atomic E-state index is 12.5. The minimum absolute atomic E-state index is 0.0409. The Kier molecular flexibility index (Phi) is 7.72. The van der Waals surface area contributed by atoms with Crippen molar-refractivity contribution in [3.63, 3.8) is 0 Å². The first-order valence-corrected chi connectivity index (χ1v) is 9.10. The van der Waals surface area contributed by atoms with Gasteiger partial charge >= 0.3 is 6.03 Å². The SMILES string of the molecule is CCOc1ccccc1C(=O)NCCN(C(=O)N(C)C)C1CCOCC1. The third-order valence-corrected chi connectivity index (χ3v) is 4.33. The minimum atomic E-state index is -0.196. The molecule has 1 saturated heterocycles. The third kappa shape index (κ3) is 5.36. The zero-order valence-electron chi connectivity index (χ0n) is 15.9. The second kappa shape index (κ2) is 10.0. The fourth-order valence-corrected chi connectivity index (χ4v) is 3.01. The normalized spacial score (nSPS) is 14.6. The van der Waals surface area contributed by atoms with Crippen molar-refractivity contribution in [1.82, 2.24) is 15.1 Å². The Labute approximate surface area is 155 Å². The Morgan fingerprint density at radius 1 is 1.23 bits per heavy atom. The predicted octanol–water partition coefficient (Wildman–Crippen LogP) is 1.98. The summed E-state index contributed by atoms with van der Waals surface area (Å²) >= 11 is 0. The number of urea groups is 1. The highest BCUT2D eigenvalue weighted by molar-refractivity contribution is 5.96. The lowest BCUT2D eigenvalue weighted by Gasteiger charge is -2.36. The van der Waals surface area contributed by atoms with Gasteiger partial charge in [0.1, 0.15) is 5.75 Å². The summed E-state index contributed by atoms with van der Waals surface area (Å²) in [6.45, 7) is 4.55. The van der Waals surface area contributed by atoms with Gasteiger partial charge in [0.05, 0.1) is 12.2 Å². The van der Waals surface area contributed by atoms with Crippen LogP contribution in [0.4, 0.5) is 4.79 Å². The van der Waals surface area contributed by atoms with Gasteiger partial charge in [0.15, 0.2) is 0 Å². The maximum Gasteiger partial charge on any atom is 0.319 e. The van der Waals surface area contributed by atoms with E-state index in [0.29, 0.717) is 44.2 Å². The minimum Gasteiger partial charge on any atom is -0.493 e. The van der Waals surface area contributed by atoms with E-state index < -0.39 is 0 Å². The molecule has 0 unspecified atom stereocenters. The summed E-state index contributed by atoms with van der Waals surface area (Å²) in [6.07, 6.45) is 1.64. The molecule has 1 aromatic rings. The molecule has 7 heteroatoms. The zero-order valence-corrected chi connectivity index (χ0v) is 15.9. The number of rotatable bonds is 7. The van der Waals surface area contributed by atoms with Gasteiger partial charge in [0, 0.05) is 46.4 Å². The van der Waals surface area contributed by atoms with Gasteiger partial charge in [0.25, 0.3) is 5.91 Å². The van der Waals surface area contributed by atoms with Crippen LogP contribution in [0.5, 0.6) is 5.75 Å². The number of amides is 3. The fraction of sp³-hybridized carbons (Fsp3) is 0.579. The van der Waals surface area contributed by atoms with E-state index in [0.717, 1.165) is 12.8 Å². The highest BCUT2D eigenvalue weighted by Gasteiger charge is 2.26. The first-order valence-electron chi connectivity index (χ1n) is 9.10. The van der Waals surface area contributed by atoms with E-state index in [-0.39, 0.29) is 18.0 Å². The Balaban J connectivity index is 1.96. The molecule has 26 heavy (non-hydrogen) atoms. The smallest absolute Gasteiger partial charge is 0.319 e. The molecule has 0 atom stereocenters. The van der Waals surface area contributed by atoms with Gasteiger partial charge in [-0.05, 0) is 31.9 Å². The van der Waals surface area contributed by atoms with E-state index >= 15 is 0 Å². The lowest BCUT2D eigenvalue weighted by atomic mass is 10.1. The van der Waals surface area contributed by atoms with Crippen molar-refractivity contribution >= 4 is 11.9 Å². The quantitative estimate of drug-likeness (QED) is 0.804. The van der Waals surface area contributed by atoms with Crippen LogP contribution in [0.15, 0.2) is 24.3 Å². The van der Waals surface area contributed by atoms with Gasteiger partial charge in [-0.3, -0.25) is 4.79 Å². The second-order valence-corrected chi connectivity index (χ2v) is 6.40. The Morgan fingerprint density at radius 2 is 1.92 bits per heavy atom. The number of benzene rings is 1. The van der Waals surface area contributed by atoms with Crippen molar-refractivity contribution in [2.75, 3.05) is 47.0 Å². The molecule has 0 saturated carbocycles. The van der Waals surface area contributed by atoms with Crippen molar-refractivity contribution in [2.24, 2.45) is 0 Å². The number of nitrogens with zero attached hydrogens (tertiary/aromatic N) is 2. The van der Waals surface area contributed by atoms with Gasteiger partial charge in [-0.25, -0.2) is 4.79 Å². The molecule has 1 heterocycles. The number of para-hydroxylation sites is 1. The van der Waals surface area contributed by atoms with E-state index in [4.69, 9.17) is 9.47 Å². The van der Waals surface area contributed by atoms with Crippen LogP contribution in [0.25, 0.3) is 0 Å². The van der Waals surface area contributed by atoms with Gasteiger partial charge in [0.2, 0.25) is 0 Å². The molecule has 3 amide bonds. The molecule has 1 fully saturated rings. The van der Waals surface area contributed by atoms with Crippen LogP contribution in [-0.2, 0) is 4.74 Å². The van der Waals surface area contributed by atoms with Gasteiger partial charge < -0.3 is 24.6 Å². The molecule has 144 valence electrons. The summed E-state index contributed by atoms with van der Waals surface area (Å²) in [5.41, 5.74) is 0.505. The topological polar surface area (TPSA) is 71.1 Å². The summed E-state index contributed by atoms with van der Waals surface area (Å²) in [4.78, 5) is 28.4. The van der Waals surface area contributed by atoms with E-state index in [1.807, 2.05) is 17.9 Å². The van der Waals surface area contributed by atoms with E-state index in [9.17, 15) is 9.59 Å². The van der Waals surface area contributed by atoms with Crippen molar-refractivity contribution < 1.29 is 19.1 Å². The van der Waals surface area contributed by atoms with E-state index in [1.54, 1.807) is 37.2 Å². The molecule has 0 aliphatic carbocycles. The third-order valence-electron chi connectivity index (χ3n) is 4.33. The number of ether oxygens (including phenoxy) is 2. The lowest BCUT2D eigenvalue weighted by Crippen LogP contribution is -2.50. The van der Waals surface area contributed by atoms with Crippen molar-refractivity contribution in [3.05, 3.63) is 29.8 Å². The number of carbonyl (C=O) groups excluding carboxylic acids is 2. The molecule has 2 rings (SSSR count). The van der Waals surface area contributed by atoms with Gasteiger partial charge in [-0.2, -0.15) is 0 Å². The molecule has 0 spiro atoms. The van der Waals surface area contributed by atoms with Gasteiger partial charge in [-0.1, -0.05) is 12.1 Å². The second-order valence-electron chi connectivity index (χ2n) is 6.40. The Morgan fingerprint density at radius 3 is 2.58 bits per heavy atom. The van der Waals surface area contributed by atoms with E-state index in [1.165, 1.54) is 0 Å². The molecular weight excluding hydrogens is 334 g/mol. The van der Waals surface area contributed by atoms with Crippen LogP contribution in [0.1, 0.15) is 30.1 Å². The zero-order chi connectivity index (χ0) is 18.9. The first kappa shape index (κ1) is 20.0. The number of hydrogen-bond donors (Lipinski definition) is 1. The van der Waals surface area contributed by atoms with Crippen LogP contribution in [-0.4, -0.2) is 74.8 Å². The average molecular weight is 363 g/mol. The lowest BCUT2D eigenvalue weighted by molar-refractivity contribution is 0.0415. The molecule has 1 N–H and O–H groups in total. The molecule has 1 aliphatic heterocycles. The Bertz CT molecular complexity index is 600. The van der Waals surface area contributed by atoms with Gasteiger partial charge in [-0.15, -0.1) is 0 Å². The van der Waals surface area contributed by atoms with E-state index in [2.05, 4.69) is 5.32 Å². The number of carbonyl (C=O) groups is 2. The summed E-state index contributed by atoms with van der Waals surface area (Å²) in [6, 6.07) is 7.27. The molecule has 0 radical (unpaired) electrons. The summed E-state index contributed by atoms with van der Waals surface area (Å²) in [5.74, 6) is 0.372. The maximum absolute atomic E-state index is 12.5. The van der Waals surface area contributed by atoms with Crippen LogP contribution < -0.4 is 10.1 Å². The molecule has 0 bridgehead atoms. The Hall–Kier alpha value is -2.28. The highest BCUT2D eigenvalue weighted by atomic mass is 16.5. The molecule has 7 nitrogen and oxygen atoms in total. The first-order chi connectivity index (χ1) is 12.5. The number of hydrogen-bond acceptors (Lipinski definition) is 4. The molecular formula is C19H29N3O4. The van der Waals surface area contributed by atoms with Crippen LogP contribution in [0.3, 0.4) is 0 Å². The van der Waals surface area contributed by atoms with Crippen LogP contribution in [0, 0.1) is 0 Å². The van der Waals surface area contributed by atoms with Crippen molar-refractivity contribution in [3.8, 4) is 5.75 Å². The van der Waals surface area contributed by atoms with Crippen molar-refractivity contribution in [2.45, 2.75) is 25.8 Å². The number of nitrogens with one attached hydrogen (secondary N) is 1. The standard InChI is InChI=1S/C19H29N3O4/c1-4-26-17-8-6-5-7-16(17)18(23)20-11-12-22(19(24)21(2)3)15-9-13-25-14-10-15/h5-8,15H,4,9-14H2,1-3H3,(H,20,23). The molecule has 1 aliphatic rings. The summed E-state index contributed by atoms with van der Waals surface area (Å²) < 4.78 is 10.9. The van der Waals surface area contributed by atoms with Crippen LogP contribution >= 0.6 is 0 Å².